The number of rotatable bonds is 2. The summed E-state index contributed by atoms with van der Waals surface area (Å²) in [6.45, 7) is 1.96. The molecule has 1 aromatic heterocycles. The molecule has 106 valence electrons. The molecule has 2 N–H and O–H groups in total. The lowest BCUT2D eigenvalue weighted by atomic mass is 10.0. The van der Waals surface area contributed by atoms with Crippen LogP contribution >= 0.6 is 0 Å². The van der Waals surface area contributed by atoms with Gasteiger partial charge in [0.15, 0.2) is 0 Å². The average Bonchev–Trinajstić information content (AvgIpc) is 2.46. The largest absolute Gasteiger partial charge is 0.319 e. The molecule has 0 saturated carbocycles. The number of aryl methyl sites for hydroxylation is 1. The third-order valence-corrected chi connectivity index (χ3v) is 3.56. The van der Waals surface area contributed by atoms with Gasteiger partial charge in [-0.1, -0.05) is 24.3 Å². The number of nitrogens with two attached hydrogens (primary N) is 1. The zero-order chi connectivity index (χ0) is 15.0. The van der Waals surface area contributed by atoms with Crippen LogP contribution in [0.15, 0.2) is 48.5 Å². The average molecular weight is 284 g/mol. The lowest BCUT2D eigenvalue weighted by molar-refractivity contribution is 0.564. The normalized spacial score (nSPS) is 12.6. The molecule has 0 aliphatic heterocycles. The summed E-state index contributed by atoms with van der Waals surface area (Å²) in [7, 11) is 0. The van der Waals surface area contributed by atoms with Crippen LogP contribution in [0.2, 0.25) is 0 Å². The van der Waals surface area contributed by atoms with E-state index in [1.165, 1.54) is 12.1 Å². The van der Waals surface area contributed by atoms with Gasteiger partial charge >= 0.3 is 0 Å². The molecule has 3 aromatic rings. The molecule has 2 nitrogen and oxygen atoms in total. The minimum Gasteiger partial charge on any atom is -0.319 e. The standard InChI is InChI=1S/C17H14F2N2/c1-10-8-16(21-15-5-3-2-4-12(10)15)17(20)13-7-6-11(18)9-14(13)19/h2-9,17H,20H2,1H3. The molecule has 0 fully saturated rings. The molecule has 1 heterocycles. The van der Waals surface area contributed by atoms with E-state index in [0.717, 1.165) is 22.5 Å². The molecule has 1 unspecified atom stereocenters. The summed E-state index contributed by atoms with van der Waals surface area (Å²) in [6.07, 6.45) is 0. The predicted octanol–water partition coefficient (Wildman–Crippen LogP) is 3.87. The molecule has 0 spiro atoms. The Morgan fingerprint density at radius 3 is 2.57 bits per heavy atom. The highest BCUT2D eigenvalue weighted by molar-refractivity contribution is 5.82. The second-order valence-corrected chi connectivity index (χ2v) is 5.02. The first kappa shape index (κ1) is 13.6. The van der Waals surface area contributed by atoms with Gasteiger partial charge in [-0.15, -0.1) is 0 Å². The maximum absolute atomic E-state index is 13.9. The number of aromatic nitrogens is 1. The molecular formula is C17H14F2N2. The maximum Gasteiger partial charge on any atom is 0.131 e. The lowest BCUT2D eigenvalue weighted by Crippen LogP contribution is -2.15. The van der Waals surface area contributed by atoms with Crippen molar-refractivity contribution in [1.29, 1.82) is 0 Å². The third-order valence-electron chi connectivity index (χ3n) is 3.56. The maximum atomic E-state index is 13.9. The van der Waals surface area contributed by atoms with E-state index in [1.807, 2.05) is 37.3 Å². The van der Waals surface area contributed by atoms with Crippen LogP contribution in [0.5, 0.6) is 0 Å². The number of benzene rings is 2. The summed E-state index contributed by atoms with van der Waals surface area (Å²) in [5, 5.41) is 1.04. The molecule has 0 aliphatic rings. The first-order valence-corrected chi connectivity index (χ1v) is 6.63. The van der Waals surface area contributed by atoms with E-state index < -0.39 is 17.7 Å². The van der Waals surface area contributed by atoms with Crippen molar-refractivity contribution in [2.24, 2.45) is 5.73 Å². The summed E-state index contributed by atoms with van der Waals surface area (Å²) in [5.74, 6) is -1.28. The zero-order valence-electron chi connectivity index (χ0n) is 11.5. The molecule has 0 saturated heterocycles. The van der Waals surface area contributed by atoms with Crippen molar-refractivity contribution >= 4 is 10.9 Å². The van der Waals surface area contributed by atoms with Gasteiger partial charge in [-0.25, -0.2) is 8.78 Å². The van der Waals surface area contributed by atoms with Crippen LogP contribution in [0.3, 0.4) is 0 Å². The van der Waals surface area contributed by atoms with E-state index in [2.05, 4.69) is 4.98 Å². The number of halogens is 2. The lowest BCUT2D eigenvalue weighted by Gasteiger charge is -2.14. The topological polar surface area (TPSA) is 38.9 Å². The van der Waals surface area contributed by atoms with Gasteiger partial charge < -0.3 is 5.73 Å². The molecular weight excluding hydrogens is 270 g/mol. The Bertz CT molecular complexity index is 815. The molecule has 3 rings (SSSR count). The van der Waals surface area contributed by atoms with Gasteiger partial charge in [-0.3, -0.25) is 4.98 Å². The summed E-state index contributed by atoms with van der Waals surface area (Å²) in [4.78, 5) is 4.49. The van der Waals surface area contributed by atoms with Crippen molar-refractivity contribution in [1.82, 2.24) is 4.98 Å². The first-order valence-electron chi connectivity index (χ1n) is 6.63. The molecule has 0 radical (unpaired) electrons. The van der Waals surface area contributed by atoms with E-state index >= 15 is 0 Å². The van der Waals surface area contributed by atoms with Gasteiger partial charge in [0.1, 0.15) is 11.6 Å². The zero-order valence-corrected chi connectivity index (χ0v) is 11.5. The Morgan fingerprint density at radius 1 is 1.05 bits per heavy atom. The smallest absolute Gasteiger partial charge is 0.131 e. The monoisotopic (exact) mass is 284 g/mol. The van der Waals surface area contributed by atoms with E-state index in [0.29, 0.717) is 5.69 Å². The quantitative estimate of drug-likeness (QED) is 0.776. The van der Waals surface area contributed by atoms with Crippen LogP contribution in [0.4, 0.5) is 8.78 Å². The van der Waals surface area contributed by atoms with Crippen LogP contribution in [0, 0.1) is 18.6 Å². The predicted molar refractivity (Wildman–Crippen MR) is 78.9 cm³/mol. The van der Waals surface area contributed by atoms with Gasteiger partial charge in [0, 0.05) is 17.0 Å². The molecule has 21 heavy (non-hydrogen) atoms. The van der Waals surface area contributed by atoms with Gasteiger partial charge in [-0.2, -0.15) is 0 Å². The van der Waals surface area contributed by atoms with Crippen molar-refractivity contribution in [3.63, 3.8) is 0 Å². The SMILES string of the molecule is Cc1cc(C(N)c2ccc(F)cc2F)nc2ccccc12. The summed E-state index contributed by atoms with van der Waals surface area (Å²) in [5.41, 5.74) is 8.74. The summed E-state index contributed by atoms with van der Waals surface area (Å²) >= 11 is 0. The molecule has 0 bridgehead atoms. The van der Waals surface area contributed by atoms with Gasteiger partial charge in [0.05, 0.1) is 17.3 Å². The van der Waals surface area contributed by atoms with Crippen LogP contribution in [-0.2, 0) is 0 Å². The minimum atomic E-state index is -0.728. The Labute approximate surface area is 121 Å². The fourth-order valence-electron chi connectivity index (χ4n) is 2.45. The number of para-hydroxylation sites is 1. The number of hydrogen-bond donors (Lipinski definition) is 1. The van der Waals surface area contributed by atoms with Crippen LogP contribution in [0.25, 0.3) is 10.9 Å². The Kier molecular flexibility index (Phi) is 3.39. The van der Waals surface area contributed by atoms with Crippen LogP contribution in [-0.4, -0.2) is 4.98 Å². The number of hydrogen-bond acceptors (Lipinski definition) is 2. The van der Waals surface area contributed by atoms with E-state index in [-0.39, 0.29) is 5.56 Å². The fourth-order valence-corrected chi connectivity index (χ4v) is 2.45. The molecule has 0 aliphatic carbocycles. The highest BCUT2D eigenvalue weighted by atomic mass is 19.1. The first-order chi connectivity index (χ1) is 10.1. The number of nitrogens with zero attached hydrogens (tertiary/aromatic N) is 1. The van der Waals surface area contributed by atoms with Crippen LogP contribution in [0.1, 0.15) is 22.9 Å². The molecule has 4 heteroatoms. The summed E-state index contributed by atoms with van der Waals surface area (Å²) in [6, 6.07) is 12.2. The minimum absolute atomic E-state index is 0.235. The van der Waals surface area contributed by atoms with Crippen molar-refractivity contribution < 1.29 is 8.78 Å². The van der Waals surface area contributed by atoms with E-state index in [9.17, 15) is 8.78 Å². The Balaban J connectivity index is 2.11. The van der Waals surface area contributed by atoms with E-state index in [1.54, 1.807) is 0 Å². The second-order valence-electron chi connectivity index (χ2n) is 5.02. The number of pyridine rings is 1. The highest BCUT2D eigenvalue weighted by Gasteiger charge is 2.16. The van der Waals surface area contributed by atoms with Gasteiger partial charge in [0.25, 0.3) is 0 Å². The van der Waals surface area contributed by atoms with Crippen molar-refractivity contribution in [3.8, 4) is 0 Å². The molecule has 2 aromatic carbocycles. The van der Waals surface area contributed by atoms with Crippen LogP contribution < -0.4 is 5.73 Å². The summed E-state index contributed by atoms with van der Waals surface area (Å²) < 4.78 is 26.8. The molecule has 0 amide bonds. The van der Waals surface area contributed by atoms with Crippen molar-refractivity contribution in [2.45, 2.75) is 13.0 Å². The number of fused-ring (bicyclic) bond motifs is 1. The van der Waals surface area contributed by atoms with Crippen molar-refractivity contribution in [3.05, 3.63) is 77.0 Å². The van der Waals surface area contributed by atoms with Gasteiger partial charge in [0.2, 0.25) is 0 Å². The second kappa shape index (κ2) is 5.22. The Hall–Kier alpha value is -2.33. The van der Waals surface area contributed by atoms with Gasteiger partial charge in [-0.05, 0) is 30.7 Å². The van der Waals surface area contributed by atoms with E-state index in [4.69, 9.17) is 5.73 Å². The third kappa shape index (κ3) is 2.50. The Morgan fingerprint density at radius 2 is 1.81 bits per heavy atom. The molecule has 1 atom stereocenters. The fraction of sp³-hybridized carbons (Fsp3) is 0.118. The highest BCUT2D eigenvalue weighted by Crippen LogP contribution is 2.25. The van der Waals surface area contributed by atoms with Crippen molar-refractivity contribution in [2.75, 3.05) is 0 Å².